The van der Waals surface area contributed by atoms with Crippen LogP contribution in [0.15, 0.2) is 72.9 Å². The number of para-hydroxylation sites is 1. The van der Waals surface area contributed by atoms with Gasteiger partial charge in [-0.2, -0.15) is 11.8 Å². The minimum Gasteiger partial charge on any atom is -0.478 e. The van der Waals surface area contributed by atoms with E-state index >= 15 is 0 Å². The summed E-state index contributed by atoms with van der Waals surface area (Å²) in [6.07, 6.45) is 1.99. The molecule has 0 bridgehead atoms. The molecule has 0 radical (unpaired) electrons. The maximum absolute atomic E-state index is 5.95. The van der Waals surface area contributed by atoms with Gasteiger partial charge in [0.05, 0.1) is 14.7 Å². The molecule has 5 heteroatoms. The van der Waals surface area contributed by atoms with Crippen molar-refractivity contribution in [1.82, 2.24) is 4.98 Å². The monoisotopic (exact) mass is 409 g/mol. The lowest BCUT2D eigenvalue weighted by molar-refractivity contribution is 0.327. The van der Waals surface area contributed by atoms with E-state index in [4.69, 9.17) is 9.47 Å². The Labute approximate surface area is 173 Å². The molecule has 0 saturated carbocycles. The quantitative estimate of drug-likeness (QED) is 0.427. The van der Waals surface area contributed by atoms with E-state index in [0.29, 0.717) is 12.5 Å². The van der Waals surface area contributed by atoms with E-state index in [-0.39, 0.29) is 0 Å². The zero-order valence-electron chi connectivity index (χ0n) is 16.7. The first-order valence-corrected chi connectivity index (χ1v) is 13.9. The summed E-state index contributed by atoms with van der Waals surface area (Å²) in [6.45, 7) is 7.42. The molecular formula is C23H27NO2SSi. The first kappa shape index (κ1) is 20.5. The van der Waals surface area contributed by atoms with Gasteiger partial charge in [-0.1, -0.05) is 49.5 Å². The number of hydrogen-bond donors (Lipinski definition) is 0. The molecule has 0 unspecified atom stereocenters. The smallest absolute Gasteiger partial charge is 0.213 e. The van der Waals surface area contributed by atoms with E-state index < -0.39 is 8.07 Å². The normalized spacial score (nSPS) is 11.2. The Morgan fingerprint density at radius 2 is 1.71 bits per heavy atom. The van der Waals surface area contributed by atoms with Crippen LogP contribution >= 0.6 is 11.8 Å². The summed E-state index contributed by atoms with van der Waals surface area (Å²) >= 11 is 1.98. The summed E-state index contributed by atoms with van der Waals surface area (Å²) in [5.41, 5.74) is 1.29. The topological polar surface area (TPSA) is 31.4 Å². The van der Waals surface area contributed by atoms with Crippen LogP contribution < -0.4 is 14.7 Å². The van der Waals surface area contributed by atoms with E-state index in [1.54, 1.807) is 0 Å². The number of ether oxygens (including phenoxy) is 2. The summed E-state index contributed by atoms with van der Waals surface area (Å²) < 4.78 is 11.4. The molecule has 0 aliphatic carbocycles. The van der Waals surface area contributed by atoms with Gasteiger partial charge in [0.25, 0.3) is 0 Å². The molecule has 0 N–H and O–H groups in total. The second kappa shape index (κ2) is 9.80. The molecule has 0 fully saturated rings. The minimum absolute atomic E-state index is 0.649. The van der Waals surface area contributed by atoms with Crippen LogP contribution in [0.3, 0.4) is 0 Å². The SMILES string of the molecule is CCOc1ccc([Si](C)(C)CSCc2cccc(Oc3ccccc3)c2)cn1. The van der Waals surface area contributed by atoms with Gasteiger partial charge < -0.3 is 9.47 Å². The zero-order valence-corrected chi connectivity index (χ0v) is 18.5. The molecule has 0 atom stereocenters. The van der Waals surface area contributed by atoms with E-state index in [9.17, 15) is 0 Å². The number of benzene rings is 2. The Bertz CT molecular complexity index is 869. The van der Waals surface area contributed by atoms with Gasteiger partial charge in [-0.05, 0) is 47.3 Å². The van der Waals surface area contributed by atoms with Crippen molar-refractivity contribution >= 4 is 25.0 Å². The molecule has 28 heavy (non-hydrogen) atoms. The van der Waals surface area contributed by atoms with E-state index in [0.717, 1.165) is 22.6 Å². The fraction of sp³-hybridized carbons (Fsp3) is 0.261. The Morgan fingerprint density at radius 1 is 0.929 bits per heavy atom. The molecule has 3 aromatic rings. The second-order valence-corrected chi connectivity index (χ2v) is 13.5. The maximum Gasteiger partial charge on any atom is 0.213 e. The number of rotatable bonds is 9. The molecule has 0 spiro atoms. The molecular weight excluding hydrogens is 382 g/mol. The number of hydrogen-bond acceptors (Lipinski definition) is 4. The van der Waals surface area contributed by atoms with Gasteiger partial charge >= 0.3 is 0 Å². The Balaban J connectivity index is 1.55. The molecule has 2 aromatic carbocycles. The van der Waals surface area contributed by atoms with Crippen molar-refractivity contribution < 1.29 is 9.47 Å². The van der Waals surface area contributed by atoms with Crippen LogP contribution in [0.5, 0.6) is 17.4 Å². The Kier molecular flexibility index (Phi) is 7.17. The second-order valence-electron chi connectivity index (χ2n) is 7.26. The van der Waals surface area contributed by atoms with Gasteiger partial charge in [0.15, 0.2) is 0 Å². The van der Waals surface area contributed by atoms with Gasteiger partial charge in [-0.25, -0.2) is 4.98 Å². The van der Waals surface area contributed by atoms with Gasteiger partial charge in [-0.3, -0.25) is 0 Å². The molecule has 0 amide bonds. The van der Waals surface area contributed by atoms with Crippen LogP contribution in [-0.4, -0.2) is 25.0 Å². The largest absolute Gasteiger partial charge is 0.478 e. The Morgan fingerprint density at radius 3 is 2.43 bits per heavy atom. The standard InChI is InChI=1S/C23H27NO2SSi/c1-4-25-23-14-13-22(16-24-23)28(2,3)18-27-17-19-9-8-12-21(15-19)26-20-10-6-5-7-11-20/h5-16H,4,17-18H2,1-3H3. The minimum atomic E-state index is -1.54. The molecule has 146 valence electrons. The van der Waals surface area contributed by atoms with Gasteiger partial charge in [0.1, 0.15) is 11.5 Å². The van der Waals surface area contributed by atoms with Crippen LogP contribution in [0, 0.1) is 0 Å². The third-order valence-corrected chi connectivity index (χ3v) is 10.5. The van der Waals surface area contributed by atoms with Crippen molar-refractivity contribution in [2.24, 2.45) is 0 Å². The predicted octanol–water partition coefficient (Wildman–Crippen LogP) is 5.66. The molecule has 1 heterocycles. The van der Waals surface area contributed by atoms with E-state index in [1.807, 2.05) is 67.3 Å². The first-order chi connectivity index (χ1) is 13.6. The predicted molar refractivity (Wildman–Crippen MR) is 122 cm³/mol. The van der Waals surface area contributed by atoms with Crippen LogP contribution in [0.25, 0.3) is 0 Å². The van der Waals surface area contributed by atoms with E-state index in [2.05, 4.69) is 42.3 Å². The average Bonchev–Trinajstić information content (AvgIpc) is 2.70. The van der Waals surface area contributed by atoms with Gasteiger partial charge in [0.2, 0.25) is 5.88 Å². The zero-order chi connectivity index (χ0) is 19.8. The maximum atomic E-state index is 5.95. The number of pyridine rings is 1. The van der Waals surface area contributed by atoms with Crippen molar-refractivity contribution in [2.75, 3.05) is 12.0 Å². The van der Waals surface area contributed by atoms with Crippen LogP contribution in [0.2, 0.25) is 13.1 Å². The highest BCUT2D eigenvalue weighted by molar-refractivity contribution is 8.00. The highest BCUT2D eigenvalue weighted by atomic mass is 32.2. The summed E-state index contributed by atoms with van der Waals surface area (Å²) in [4.78, 5) is 4.44. The highest BCUT2D eigenvalue weighted by Gasteiger charge is 2.23. The molecule has 0 aliphatic heterocycles. The summed E-state index contributed by atoms with van der Waals surface area (Å²) in [5, 5.41) is 2.51. The number of thioether (sulfide) groups is 1. The third kappa shape index (κ3) is 5.88. The summed E-state index contributed by atoms with van der Waals surface area (Å²) in [6, 6.07) is 22.4. The van der Waals surface area contributed by atoms with Crippen molar-refractivity contribution in [3.05, 3.63) is 78.5 Å². The van der Waals surface area contributed by atoms with E-state index in [1.165, 1.54) is 10.8 Å². The molecule has 3 nitrogen and oxygen atoms in total. The lowest BCUT2D eigenvalue weighted by atomic mass is 10.2. The lowest BCUT2D eigenvalue weighted by Crippen LogP contribution is -2.44. The molecule has 3 rings (SSSR count). The Hall–Kier alpha value is -2.24. The summed E-state index contributed by atoms with van der Waals surface area (Å²) in [5.74, 6) is 3.44. The van der Waals surface area contributed by atoms with Crippen molar-refractivity contribution in [1.29, 1.82) is 0 Å². The summed E-state index contributed by atoms with van der Waals surface area (Å²) in [7, 11) is -1.54. The van der Waals surface area contributed by atoms with Crippen LogP contribution in [0.4, 0.5) is 0 Å². The average molecular weight is 410 g/mol. The van der Waals surface area contributed by atoms with Crippen molar-refractivity contribution in [3.8, 4) is 17.4 Å². The fourth-order valence-electron chi connectivity index (χ4n) is 2.84. The first-order valence-electron chi connectivity index (χ1n) is 9.56. The van der Waals surface area contributed by atoms with Crippen molar-refractivity contribution in [3.63, 3.8) is 0 Å². The van der Waals surface area contributed by atoms with Crippen molar-refractivity contribution in [2.45, 2.75) is 25.8 Å². The molecule has 0 saturated heterocycles. The van der Waals surface area contributed by atoms with Gasteiger partial charge in [-0.15, -0.1) is 0 Å². The van der Waals surface area contributed by atoms with Crippen LogP contribution in [-0.2, 0) is 5.75 Å². The molecule has 1 aromatic heterocycles. The third-order valence-electron chi connectivity index (χ3n) is 4.42. The fourth-order valence-corrected chi connectivity index (χ4v) is 7.32. The highest BCUT2D eigenvalue weighted by Crippen LogP contribution is 2.24. The number of nitrogens with zero attached hydrogens (tertiary/aromatic N) is 1. The number of aromatic nitrogens is 1. The van der Waals surface area contributed by atoms with Gasteiger partial charge in [0, 0.05) is 18.0 Å². The lowest BCUT2D eigenvalue weighted by Gasteiger charge is -2.22. The van der Waals surface area contributed by atoms with Crippen LogP contribution in [0.1, 0.15) is 12.5 Å². The molecule has 0 aliphatic rings.